The zero-order valence-corrected chi connectivity index (χ0v) is 11.7. The summed E-state index contributed by atoms with van der Waals surface area (Å²) < 4.78 is 22.1. The van der Waals surface area contributed by atoms with Crippen LogP contribution >= 0.6 is 0 Å². The summed E-state index contributed by atoms with van der Waals surface area (Å²) in [6.45, 7) is 2.49. The molecule has 1 aliphatic rings. The van der Waals surface area contributed by atoms with Gasteiger partial charge in [-0.1, -0.05) is 19.1 Å². The Hall–Kier alpha value is -1.40. The molecule has 1 saturated heterocycles. The van der Waals surface area contributed by atoms with Crippen molar-refractivity contribution >= 4 is 21.6 Å². The summed E-state index contributed by atoms with van der Waals surface area (Å²) in [6, 6.07) is 7.76. The van der Waals surface area contributed by atoms with Crippen LogP contribution < -0.4 is 10.0 Å². The fraction of sp³-hybridized carbons (Fsp3) is 0.462. The molecule has 0 radical (unpaired) electrons. The molecule has 1 fully saturated rings. The third-order valence-electron chi connectivity index (χ3n) is 3.33. The summed E-state index contributed by atoms with van der Waals surface area (Å²) in [5.74, 6) is -0.395. The maximum atomic E-state index is 11.9. The van der Waals surface area contributed by atoms with Crippen molar-refractivity contribution in [3.8, 4) is 0 Å². The minimum atomic E-state index is -3.53. The smallest absolute Gasteiger partial charge is 0.227 e. The van der Waals surface area contributed by atoms with Crippen molar-refractivity contribution in [1.82, 2.24) is 0 Å². The molecule has 1 aromatic rings. The molecule has 0 saturated carbocycles. The monoisotopic (exact) mass is 282 g/mol. The fourth-order valence-corrected chi connectivity index (χ4v) is 3.26. The van der Waals surface area contributed by atoms with Crippen LogP contribution in [-0.2, 0) is 21.2 Å². The van der Waals surface area contributed by atoms with Crippen molar-refractivity contribution in [2.24, 2.45) is 11.1 Å². The molecule has 2 rings (SSSR count). The van der Waals surface area contributed by atoms with Gasteiger partial charge in [-0.25, -0.2) is 13.6 Å². The van der Waals surface area contributed by atoms with Crippen molar-refractivity contribution in [3.63, 3.8) is 0 Å². The summed E-state index contributed by atoms with van der Waals surface area (Å²) in [7, 11) is -3.53. The van der Waals surface area contributed by atoms with Gasteiger partial charge in [-0.05, 0) is 24.1 Å². The first kappa shape index (κ1) is 14.0. The number of hydrogen-bond donors (Lipinski definition) is 1. The van der Waals surface area contributed by atoms with Gasteiger partial charge in [0.2, 0.25) is 15.9 Å². The maximum Gasteiger partial charge on any atom is 0.227 e. The summed E-state index contributed by atoms with van der Waals surface area (Å²) in [5.41, 5.74) is 2.02. The van der Waals surface area contributed by atoms with Crippen molar-refractivity contribution in [2.75, 3.05) is 17.2 Å². The van der Waals surface area contributed by atoms with Gasteiger partial charge in [-0.3, -0.25) is 4.79 Å². The van der Waals surface area contributed by atoms with Crippen LogP contribution in [-0.4, -0.2) is 26.6 Å². The summed E-state index contributed by atoms with van der Waals surface area (Å²) in [4.78, 5) is 13.5. The minimum Gasteiger partial charge on any atom is -0.312 e. The summed E-state index contributed by atoms with van der Waals surface area (Å²) in [6.07, 6.45) is 1.19. The lowest BCUT2D eigenvalue weighted by Gasteiger charge is -2.17. The number of nitrogens with zero attached hydrogens (tertiary/aromatic N) is 1. The Morgan fingerprint density at radius 2 is 1.95 bits per heavy atom. The van der Waals surface area contributed by atoms with Crippen LogP contribution in [0.4, 0.5) is 5.69 Å². The highest BCUT2D eigenvalue weighted by Crippen LogP contribution is 2.26. The predicted molar refractivity (Wildman–Crippen MR) is 74.3 cm³/mol. The summed E-state index contributed by atoms with van der Waals surface area (Å²) in [5, 5.41) is 5.03. The highest BCUT2D eigenvalue weighted by molar-refractivity contribution is 7.89. The van der Waals surface area contributed by atoms with Crippen molar-refractivity contribution < 1.29 is 13.2 Å². The molecule has 0 aliphatic carbocycles. The molecule has 1 atom stereocenters. The van der Waals surface area contributed by atoms with E-state index < -0.39 is 10.0 Å². The van der Waals surface area contributed by atoms with Crippen LogP contribution in [0, 0.1) is 5.92 Å². The van der Waals surface area contributed by atoms with E-state index in [-0.39, 0.29) is 24.0 Å². The quantitative estimate of drug-likeness (QED) is 0.890. The third kappa shape index (κ3) is 3.54. The molecule has 0 bridgehead atoms. The van der Waals surface area contributed by atoms with E-state index >= 15 is 0 Å². The van der Waals surface area contributed by atoms with Gasteiger partial charge in [0.25, 0.3) is 0 Å². The maximum absolute atomic E-state index is 11.9. The van der Waals surface area contributed by atoms with Gasteiger partial charge in [-0.2, -0.15) is 0 Å². The Morgan fingerprint density at radius 3 is 2.47 bits per heavy atom. The Morgan fingerprint density at radius 1 is 1.32 bits per heavy atom. The van der Waals surface area contributed by atoms with E-state index in [0.717, 1.165) is 12.1 Å². The van der Waals surface area contributed by atoms with E-state index in [0.29, 0.717) is 6.54 Å². The van der Waals surface area contributed by atoms with Gasteiger partial charge >= 0.3 is 0 Å². The number of rotatable bonds is 4. The molecule has 0 aromatic heterocycles. The molecule has 0 spiro atoms. The number of hydrogen-bond acceptors (Lipinski definition) is 3. The van der Waals surface area contributed by atoms with Crippen molar-refractivity contribution in [3.05, 3.63) is 29.8 Å². The lowest BCUT2D eigenvalue weighted by molar-refractivity contribution is -0.117. The van der Waals surface area contributed by atoms with Crippen LogP contribution in [0.2, 0.25) is 0 Å². The number of carbonyl (C=O) groups is 1. The SMILES string of the molecule is CCc1ccc(N2CC(CS(N)(=O)=O)CC2=O)cc1. The number of sulfonamides is 1. The van der Waals surface area contributed by atoms with Crippen molar-refractivity contribution in [1.29, 1.82) is 0 Å². The first-order chi connectivity index (χ1) is 8.89. The fourth-order valence-electron chi connectivity index (χ4n) is 2.38. The van der Waals surface area contributed by atoms with Crippen LogP contribution in [0.25, 0.3) is 0 Å². The highest BCUT2D eigenvalue weighted by atomic mass is 32.2. The third-order valence-corrected chi connectivity index (χ3v) is 4.27. The van der Waals surface area contributed by atoms with E-state index in [2.05, 4.69) is 6.92 Å². The Labute approximate surface area is 113 Å². The highest BCUT2D eigenvalue weighted by Gasteiger charge is 2.32. The van der Waals surface area contributed by atoms with E-state index in [9.17, 15) is 13.2 Å². The second-order valence-corrected chi connectivity index (χ2v) is 6.58. The van der Waals surface area contributed by atoms with Crippen LogP contribution in [0.15, 0.2) is 24.3 Å². The largest absolute Gasteiger partial charge is 0.312 e. The molecule has 6 heteroatoms. The Bertz CT molecular complexity index is 566. The first-order valence-electron chi connectivity index (χ1n) is 6.29. The number of nitrogens with two attached hydrogens (primary N) is 1. The van der Waals surface area contributed by atoms with Gasteiger partial charge in [0.15, 0.2) is 0 Å². The first-order valence-corrected chi connectivity index (χ1v) is 8.00. The number of benzene rings is 1. The lowest BCUT2D eigenvalue weighted by Crippen LogP contribution is -2.27. The Balaban J connectivity index is 2.11. The number of aryl methyl sites for hydroxylation is 1. The van der Waals surface area contributed by atoms with Gasteiger partial charge in [-0.15, -0.1) is 0 Å². The van der Waals surface area contributed by atoms with Gasteiger partial charge in [0.1, 0.15) is 0 Å². The number of carbonyl (C=O) groups excluding carboxylic acids is 1. The van der Waals surface area contributed by atoms with Gasteiger partial charge < -0.3 is 4.90 Å². The van der Waals surface area contributed by atoms with E-state index in [1.165, 1.54) is 5.56 Å². The molecule has 1 aliphatic heterocycles. The van der Waals surface area contributed by atoms with Crippen LogP contribution in [0.5, 0.6) is 0 Å². The number of primary sulfonamides is 1. The van der Waals surface area contributed by atoms with E-state index in [4.69, 9.17) is 5.14 Å². The number of amides is 1. The van der Waals surface area contributed by atoms with Gasteiger partial charge in [0, 0.05) is 24.6 Å². The molecular formula is C13H18N2O3S. The predicted octanol–water partition coefficient (Wildman–Crippen LogP) is 0.890. The summed E-state index contributed by atoms with van der Waals surface area (Å²) >= 11 is 0. The molecule has 19 heavy (non-hydrogen) atoms. The molecule has 1 aromatic carbocycles. The zero-order valence-electron chi connectivity index (χ0n) is 10.9. The van der Waals surface area contributed by atoms with Crippen LogP contribution in [0.1, 0.15) is 18.9 Å². The molecule has 2 N–H and O–H groups in total. The second-order valence-electron chi connectivity index (χ2n) is 4.92. The van der Waals surface area contributed by atoms with Crippen LogP contribution in [0.3, 0.4) is 0 Å². The van der Waals surface area contributed by atoms with Gasteiger partial charge in [0.05, 0.1) is 5.75 Å². The molecule has 1 heterocycles. The topological polar surface area (TPSA) is 80.5 Å². The molecular weight excluding hydrogens is 264 g/mol. The lowest BCUT2D eigenvalue weighted by atomic mass is 10.1. The molecule has 1 amide bonds. The second kappa shape index (κ2) is 5.30. The van der Waals surface area contributed by atoms with E-state index in [1.54, 1.807) is 4.90 Å². The minimum absolute atomic E-state index is 0.0436. The Kier molecular flexibility index (Phi) is 3.91. The molecule has 104 valence electrons. The van der Waals surface area contributed by atoms with E-state index in [1.807, 2.05) is 24.3 Å². The molecule has 1 unspecified atom stereocenters. The van der Waals surface area contributed by atoms with Crippen molar-refractivity contribution in [2.45, 2.75) is 19.8 Å². The molecule has 5 nitrogen and oxygen atoms in total. The number of anilines is 1. The normalized spacial score (nSPS) is 20.0. The average molecular weight is 282 g/mol. The zero-order chi connectivity index (χ0) is 14.0. The average Bonchev–Trinajstić information content (AvgIpc) is 2.68. The standard InChI is InChI=1S/C13H18N2O3S/c1-2-10-3-5-12(6-4-10)15-8-11(7-13(15)16)9-19(14,17)18/h3-6,11H,2,7-9H2,1H3,(H2,14,17,18).